The zero-order valence-electron chi connectivity index (χ0n) is 10.8. The smallest absolute Gasteiger partial charge is 0.220 e. The Kier molecular flexibility index (Phi) is 3.35. The van der Waals surface area contributed by atoms with Crippen LogP contribution in [0.1, 0.15) is 19.3 Å². The van der Waals surface area contributed by atoms with E-state index in [0.29, 0.717) is 12.3 Å². The van der Waals surface area contributed by atoms with Gasteiger partial charge in [0.2, 0.25) is 5.91 Å². The molecule has 1 amide bonds. The number of hydrogen-bond acceptors (Lipinski definition) is 2. The van der Waals surface area contributed by atoms with Crippen molar-refractivity contribution in [1.29, 1.82) is 0 Å². The molecule has 1 fully saturated rings. The van der Waals surface area contributed by atoms with Gasteiger partial charge in [-0.1, -0.05) is 0 Å². The van der Waals surface area contributed by atoms with Gasteiger partial charge in [-0.3, -0.25) is 9.48 Å². The van der Waals surface area contributed by atoms with Crippen LogP contribution >= 0.6 is 0 Å². The molecular formula is C14H18N4O. The molecule has 1 aliphatic rings. The van der Waals surface area contributed by atoms with Gasteiger partial charge in [0.15, 0.2) is 0 Å². The Morgan fingerprint density at radius 1 is 1.32 bits per heavy atom. The van der Waals surface area contributed by atoms with Gasteiger partial charge >= 0.3 is 0 Å². The molecule has 0 saturated carbocycles. The Bertz CT molecular complexity index is 544. The van der Waals surface area contributed by atoms with Crippen molar-refractivity contribution >= 4 is 5.91 Å². The average Bonchev–Trinajstić information content (AvgIpc) is 3.02. The fourth-order valence-corrected chi connectivity index (χ4v) is 2.52. The van der Waals surface area contributed by atoms with Gasteiger partial charge in [-0.2, -0.15) is 5.10 Å². The fraction of sp³-hybridized carbons (Fsp3) is 0.429. The van der Waals surface area contributed by atoms with Gasteiger partial charge in [0.25, 0.3) is 0 Å². The summed E-state index contributed by atoms with van der Waals surface area (Å²) in [6.07, 6.45) is 10.6. The Hall–Kier alpha value is -2.04. The summed E-state index contributed by atoms with van der Waals surface area (Å²) in [5.41, 5.74) is 1.08. The standard InChI is InChI=1S/C14H18N4O/c19-14-4-3-12(5-6-15-14)10-18-11-13(9-16-18)17-7-1-2-8-17/h1-2,7-9,11-12H,3-6,10H2,(H,15,19). The Morgan fingerprint density at radius 3 is 3.00 bits per heavy atom. The predicted molar refractivity (Wildman–Crippen MR) is 71.9 cm³/mol. The van der Waals surface area contributed by atoms with Crippen LogP contribution in [-0.4, -0.2) is 26.8 Å². The summed E-state index contributed by atoms with van der Waals surface area (Å²) in [5, 5.41) is 7.32. The van der Waals surface area contributed by atoms with Crippen LogP contribution in [0.2, 0.25) is 0 Å². The maximum Gasteiger partial charge on any atom is 0.220 e. The molecule has 2 aromatic rings. The molecule has 0 spiro atoms. The molecule has 1 unspecified atom stereocenters. The first-order valence-corrected chi connectivity index (χ1v) is 6.74. The third kappa shape index (κ3) is 2.86. The minimum absolute atomic E-state index is 0.177. The number of aromatic nitrogens is 3. The molecular weight excluding hydrogens is 240 g/mol. The first-order chi connectivity index (χ1) is 9.31. The number of nitrogens with zero attached hydrogens (tertiary/aromatic N) is 3. The van der Waals surface area contributed by atoms with E-state index in [0.717, 1.165) is 31.6 Å². The monoisotopic (exact) mass is 258 g/mol. The van der Waals surface area contributed by atoms with E-state index in [1.807, 2.05) is 40.0 Å². The molecule has 19 heavy (non-hydrogen) atoms. The normalized spacial score (nSPS) is 20.0. The molecule has 0 aliphatic carbocycles. The van der Waals surface area contributed by atoms with Crippen molar-refractivity contribution in [2.45, 2.75) is 25.8 Å². The van der Waals surface area contributed by atoms with Gasteiger partial charge < -0.3 is 9.88 Å². The SMILES string of the molecule is O=C1CCC(Cn2cc(-n3cccc3)cn2)CCN1. The molecule has 3 heterocycles. The second-order valence-corrected chi connectivity index (χ2v) is 5.05. The average molecular weight is 258 g/mol. The van der Waals surface area contributed by atoms with E-state index in [-0.39, 0.29) is 5.91 Å². The molecule has 0 aromatic carbocycles. The predicted octanol–water partition coefficient (Wildman–Crippen LogP) is 1.59. The molecule has 5 heteroatoms. The molecule has 1 saturated heterocycles. The number of hydrogen-bond donors (Lipinski definition) is 1. The van der Waals surface area contributed by atoms with Crippen molar-refractivity contribution in [3.63, 3.8) is 0 Å². The van der Waals surface area contributed by atoms with Crippen LogP contribution in [0.5, 0.6) is 0 Å². The lowest BCUT2D eigenvalue weighted by molar-refractivity contribution is -0.120. The minimum Gasteiger partial charge on any atom is -0.356 e. The van der Waals surface area contributed by atoms with Gasteiger partial charge in [0, 0.05) is 38.1 Å². The van der Waals surface area contributed by atoms with Crippen LogP contribution in [0.25, 0.3) is 5.69 Å². The minimum atomic E-state index is 0.177. The first kappa shape index (κ1) is 12.0. The topological polar surface area (TPSA) is 51.9 Å². The van der Waals surface area contributed by atoms with E-state index in [2.05, 4.69) is 16.6 Å². The highest BCUT2D eigenvalue weighted by Gasteiger charge is 2.16. The van der Waals surface area contributed by atoms with Gasteiger partial charge in [-0.25, -0.2) is 0 Å². The molecule has 3 rings (SSSR count). The molecule has 1 atom stereocenters. The highest BCUT2D eigenvalue weighted by atomic mass is 16.1. The Morgan fingerprint density at radius 2 is 2.16 bits per heavy atom. The van der Waals surface area contributed by atoms with E-state index in [4.69, 9.17) is 0 Å². The largest absolute Gasteiger partial charge is 0.356 e. The van der Waals surface area contributed by atoms with Gasteiger partial charge in [0.05, 0.1) is 11.9 Å². The van der Waals surface area contributed by atoms with Crippen LogP contribution in [0.3, 0.4) is 0 Å². The van der Waals surface area contributed by atoms with E-state index < -0.39 is 0 Å². The van der Waals surface area contributed by atoms with E-state index in [1.54, 1.807) is 0 Å². The summed E-state index contributed by atoms with van der Waals surface area (Å²) in [5.74, 6) is 0.701. The van der Waals surface area contributed by atoms with Gasteiger partial charge in [0.1, 0.15) is 0 Å². The summed E-state index contributed by atoms with van der Waals surface area (Å²) < 4.78 is 4.03. The summed E-state index contributed by atoms with van der Waals surface area (Å²) in [6, 6.07) is 4.00. The number of rotatable bonds is 3. The molecule has 2 aromatic heterocycles. The summed E-state index contributed by atoms with van der Waals surface area (Å²) in [6.45, 7) is 1.67. The first-order valence-electron chi connectivity index (χ1n) is 6.74. The fourth-order valence-electron chi connectivity index (χ4n) is 2.52. The lowest BCUT2D eigenvalue weighted by Gasteiger charge is -2.12. The van der Waals surface area contributed by atoms with Crippen molar-refractivity contribution in [2.24, 2.45) is 5.92 Å². The Balaban J connectivity index is 1.65. The van der Waals surface area contributed by atoms with E-state index in [9.17, 15) is 4.79 Å². The highest BCUT2D eigenvalue weighted by Crippen LogP contribution is 2.17. The molecule has 1 aliphatic heterocycles. The molecule has 5 nitrogen and oxygen atoms in total. The van der Waals surface area contributed by atoms with Gasteiger partial charge in [-0.15, -0.1) is 0 Å². The second kappa shape index (κ2) is 5.30. The lowest BCUT2D eigenvalue weighted by Crippen LogP contribution is -2.21. The number of carbonyl (C=O) groups is 1. The summed E-state index contributed by atoms with van der Waals surface area (Å²) in [4.78, 5) is 11.3. The van der Waals surface area contributed by atoms with Crippen LogP contribution < -0.4 is 5.32 Å². The maximum atomic E-state index is 11.3. The maximum absolute atomic E-state index is 11.3. The third-order valence-corrected chi connectivity index (χ3v) is 3.62. The summed E-state index contributed by atoms with van der Waals surface area (Å²) >= 11 is 0. The van der Waals surface area contributed by atoms with Crippen molar-refractivity contribution in [3.8, 4) is 5.69 Å². The number of amides is 1. The van der Waals surface area contributed by atoms with E-state index >= 15 is 0 Å². The van der Waals surface area contributed by atoms with Crippen LogP contribution in [-0.2, 0) is 11.3 Å². The van der Waals surface area contributed by atoms with Crippen molar-refractivity contribution < 1.29 is 4.79 Å². The lowest BCUT2D eigenvalue weighted by atomic mass is 10.0. The van der Waals surface area contributed by atoms with Gasteiger partial charge in [-0.05, 0) is 30.9 Å². The van der Waals surface area contributed by atoms with Crippen molar-refractivity contribution in [3.05, 3.63) is 36.9 Å². The highest BCUT2D eigenvalue weighted by molar-refractivity contribution is 5.76. The van der Waals surface area contributed by atoms with Crippen molar-refractivity contribution in [2.75, 3.05) is 6.54 Å². The zero-order valence-corrected chi connectivity index (χ0v) is 10.8. The summed E-state index contributed by atoms with van der Waals surface area (Å²) in [7, 11) is 0. The Labute approximate surface area is 112 Å². The molecule has 1 N–H and O–H groups in total. The second-order valence-electron chi connectivity index (χ2n) is 5.05. The number of nitrogens with one attached hydrogen (secondary N) is 1. The van der Waals surface area contributed by atoms with Crippen LogP contribution in [0.4, 0.5) is 0 Å². The number of carbonyl (C=O) groups excluding carboxylic acids is 1. The molecule has 0 bridgehead atoms. The third-order valence-electron chi connectivity index (χ3n) is 3.62. The van der Waals surface area contributed by atoms with Crippen LogP contribution in [0, 0.1) is 5.92 Å². The van der Waals surface area contributed by atoms with Crippen molar-refractivity contribution in [1.82, 2.24) is 19.7 Å². The molecule has 100 valence electrons. The van der Waals surface area contributed by atoms with Crippen LogP contribution in [0.15, 0.2) is 36.9 Å². The zero-order chi connectivity index (χ0) is 13.1. The van der Waals surface area contributed by atoms with E-state index in [1.165, 1.54) is 0 Å². The quantitative estimate of drug-likeness (QED) is 0.909. The molecule has 0 radical (unpaired) electrons.